The summed E-state index contributed by atoms with van der Waals surface area (Å²) < 4.78 is 5.27. The minimum Gasteiger partial charge on any atom is -0.384 e. The van der Waals surface area contributed by atoms with E-state index in [9.17, 15) is 4.79 Å². The number of methoxy groups -OCH3 is 1. The molecule has 0 aliphatic heterocycles. The van der Waals surface area contributed by atoms with Crippen LogP contribution in [0.4, 0.5) is 0 Å². The number of carbonyl (C=O) groups excluding carboxylic acids is 1. The zero-order chi connectivity index (χ0) is 16.4. The summed E-state index contributed by atoms with van der Waals surface area (Å²) >= 11 is 0. The molecule has 2 aromatic rings. The number of hydrogen-bond acceptors (Lipinski definition) is 2. The van der Waals surface area contributed by atoms with Gasteiger partial charge in [0.25, 0.3) is 5.91 Å². The second-order valence-corrected chi connectivity index (χ2v) is 6.97. The Balaban J connectivity index is 1.66. The molecular weight excluding hydrogens is 288 g/mol. The van der Waals surface area contributed by atoms with E-state index < -0.39 is 0 Å². The van der Waals surface area contributed by atoms with Crippen molar-refractivity contribution in [1.82, 2.24) is 10.3 Å². The summed E-state index contributed by atoms with van der Waals surface area (Å²) in [5.41, 5.74) is 2.86. The number of ether oxygens (including phenoxy) is 1. The van der Waals surface area contributed by atoms with Crippen LogP contribution in [0, 0.1) is 18.8 Å². The number of H-pyrrole nitrogens is 1. The number of nitrogens with one attached hydrogen (secondary N) is 2. The molecular formula is C19H26N2O2. The normalized spacial score (nSPS) is 24.7. The van der Waals surface area contributed by atoms with E-state index in [1.807, 2.05) is 12.1 Å². The third-order valence-electron chi connectivity index (χ3n) is 5.02. The Labute approximate surface area is 137 Å². The minimum atomic E-state index is 0.000828. The van der Waals surface area contributed by atoms with Gasteiger partial charge in [-0.3, -0.25) is 4.79 Å². The first-order valence-electron chi connectivity index (χ1n) is 8.46. The lowest BCUT2D eigenvalue weighted by molar-refractivity contribution is 0.0828. The number of aromatic nitrogens is 1. The highest BCUT2D eigenvalue weighted by atomic mass is 16.5. The van der Waals surface area contributed by atoms with Gasteiger partial charge in [-0.25, -0.2) is 0 Å². The van der Waals surface area contributed by atoms with Crippen LogP contribution in [0.1, 0.15) is 42.2 Å². The van der Waals surface area contributed by atoms with Crippen LogP contribution in [0.3, 0.4) is 0 Å². The Morgan fingerprint density at radius 3 is 2.91 bits per heavy atom. The monoisotopic (exact) mass is 314 g/mol. The van der Waals surface area contributed by atoms with Crippen molar-refractivity contribution < 1.29 is 9.53 Å². The van der Waals surface area contributed by atoms with Gasteiger partial charge in [-0.2, -0.15) is 0 Å². The van der Waals surface area contributed by atoms with Gasteiger partial charge >= 0.3 is 0 Å². The third kappa shape index (κ3) is 3.58. The topological polar surface area (TPSA) is 54.1 Å². The smallest absolute Gasteiger partial charge is 0.267 e. The van der Waals surface area contributed by atoms with Crippen molar-refractivity contribution in [3.63, 3.8) is 0 Å². The number of carbonyl (C=O) groups is 1. The van der Waals surface area contributed by atoms with Gasteiger partial charge in [0.15, 0.2) is 0 Å². The molecule has 1 heterocycles. The average Bonchev–Trinajstić information content (AvgIpc) is 2.93. The molecule has 0 saturated heterocycles. The van der Waals surface area contributed by atoms with Crippen molar-refractivity contribution >= 4 is 16.8 Å². The summed E-state index contributed by atoms with van der Waals surface area (Å²) in [7, 11) is 1.76. The van der Waals surface area contributed by atoms with Gasteiger partial charge in [0.1, 0.15) is 5.69 Å². The first-order chi connectivity index (χ1) is 11.1. The molecule has 3 rings (SSSR count). The lowest BCUT2D eigenvalue weighted by Gasteiger charge is -2.34. The number of hydrogen-bond donors (Lipinski definition) is 2. The van der Waals surface area contributed by atoms with E-state index >= 15 is 0 Å². The third-order valence-corrected chi connectivity index (χ3v) is 5.02. The molecule has 1 aliphatic carbocycles. The first-order valence-corrected chi connectivity index (χ1v) is 8.46. The fraction of sp³-hybridized carbons (Fsp3) is 0.526. The molecule has 0 unspecified atom stereocenters. The van der Waals surface area contributed by atoms with Gasteiger partial charge in [-0.1, -0.05) is 18.6 Å². The Bertz CT molecular complexity index is 692. The summed E-state index contributed by atoms with van der Waals surface area (Å²) in [5, 5.41) is 4.30. The fourth-order valence-corrected chi connectivity index (χ4v) is 3.73. The van der Waals surface area contributed by atoms with Crippen LogP contribution in [0.25, 0.3) is 10.9 Å². The molecule has 4 nitrogen and oxygen atoms in total. The highest BCUT2D eigenvalue weighted by Gasteiger charge is 2.29. The predicted molar refractivity (Wildman–Crippen MR) is 92.7 cm³/mol. The van der Waals surface area contributed by atoms with Crippen LogP contribution in [-0.2, 0) is 4.74 Å². The molecule has 0 spiro atoms. The van der Waals surface area contributed by atoms with Crippen LogP contribution >= 0.6 is 0 Å². The van der Waals surface area contributed by atoms with Crippen molar-refractivity contribution in [1.29, 1.82) is 0 Å². The number of benzene rings is 1. The molecule has 2 N–H and O–H groups in total. The van der Waals surface area contributed by atoms with Gasteiger partial charge in [0.05, 0.1) is 0 Å². The second-order valence-electron chi connectivity index (χ2n) is 6.97. The molecule has 1 aromatic heterocycles. The number of aromatic amines is 1. The molecule has 1 aliphatic rings. The first kappa shape index (κ1) is 16.1. The molecule has 124 valence electrons. The van der Waals surface area contributed by atoms with E-state index in [0.717, 1.165) is 36.8 Å². The maximum Gasteiger partial charge on any atom is 0.267 e. The summed E-state index contributed by atoms with van der Waals surface area (Å²) in [5.74, 6) is 1.11. The minimum absolute atomic E-state index is 0.000828. The largest absolute Gasteiger partial charge is 0.384 e. The number of aryl methyl sites for hydroxylation is 1. The quantitative estimate of drug-likeness (QED) is 0.905. The van der Waals surface area contributed by atoms with Gasteiger partial charge in [0.2, 0.25) is 0 Å². The summed E-state index contributed by atoms with van der Waals surface area (Å²) in [6.45, 7) is 5.11. The Morgan fingerprint density at radius 1 is 1.35 bits per heavy atom. The lowest BCUT2D eigenvalue weighted by Crippen LogP contribution is -2.43. The fourth-order valence-electron chi connectivity index (χ4n) is 3.73. The predicted octanol–water partition coefficient (Wildman–Crippen LogP) is 3.66. The van der Waals surface area contributed by atoms with Crippen LogP contribution in [0.15, 0.2) is 24.3 Å². The highest BCUT2D eigenvalue weighted by molar-refractivity contribution is 5.98. The van der Waals surface area contributed by atoms with Crippen LogP contribution < -0.4 is 5.32 Å². The van der Waals surface area contributed by atoms with Crippen LogP contribution in [0.2, 0.25) is 0 Å². The van der Waals surface area contributed by atoms with E-state index in [2.05, 4.69) is 36.3 Å². The molecule has 1 amide bonds. The summed E-state index contributed by atoms with van der Waals surface area (Å²) in [6.07, 6.45) is 3.26. The molecule has 1 fully saturated rings. The SMILES string of the molecule is COC[C@H]1CC[C@H](NC(=O)c2cc3cc(C)ccc3[nH]2)[C@H](C)C1. The van der Waals surface area contributed by atoms with Gasteiger partial charge in [-0.05, 0) is 56.2 Å². The standard InChI is InChI=1S/C19H26N2O2/c1-12-4-6-17-15(8-12)10-18(20-17)19(22)21-16-7-5-14(11-23-3)9-13(16)2/h4,6,8,10,13-14,16,20H,5,7,9,11H2,1-3H3,(H,21,22)/t13-,14+,16+/m1/s1. The lowest BCUT2D eigenvalue weighted by atomic mass is 9.79. The second kappa shape index (κ2) is 6.75. The number of fused-ring (bicyclic) bond motifs is 1. The molecule has 1 saturated carbocycles. The average molecular weight is 314 g/mol. The van der Waals surface area contributed by atoms with E-state index in [-0.39, 0.29) is 11.9 Å². The maximum absolute atomic E-state index is 12.6. The van der Waals surface area contributed by atoms with E-state index in [1.54, 1.807) is 7.11 Å². The van der Waals surface area contributed by atoms with Crippen molar-refractivity contribution in [3.05, 3.63) is 35.5 Å². The van der Waals surface area contributed by atoms with E-state index in [1.165, 1.54) is 5.56 Å². The molecule has 3 atom stereocenters. The number of rotatable bonds is 4. The van der Waals surface area contributed by atoms with E-state index in [4.69, 9.17) is 4.74 Å². The van der Waals surface area contributed by atoms with Crippen molar-refractivity contribution in [2.45, 2.75) is 39.2 Å². The number of amides is 1. The molecule has 1 aromatic carbocycles. The highest BCUT2D eigenvalue weighted by Crippen LogP contribution is 2.29. The zero-order valence-corrected chi connectivity index (χ0v) is 14.2. The van der Waals surface area contributed by atoms with Crippen molar-refractivity contribution in [2.24, 2.45) is 11.8 Å². The molecule has 4 heteroatoms. The van der Waals surface area contributed by atoms with Crippen LogP contribution in [0.5, 0.6) is 0 Å². The summed E-state index contributed by atoms with van der Waals surface area (Å²) in [6, 6.07) is 8.38. The van der Waals surface area contributed by atoms with Crippen LogP contribution in [-0.4, -0.2) is 30.6 Å². The maximum atomic E-state index is 12.6. The van der Waals surface area contributed by atoms with Crippen molar-refractivity contribution in [2.75, 3.05) is 13.7 Å². The van der Waals surface area contributed by atoms with Gasteiger partial charge in [0, 0.05) is 30.7 Å². The van der Waals surface area contributed by atoms with Crippen molar-refractivity contribution in [3.8, 4) is 0 Å². The summed E-state index contributed by atoms with van der Waals surface area (Å²) in [4.78, 5) is 15.8. The molecule has 23 heavy (non-hydrogen) atoms. The van der Waals surface area contributed by atoms with Gasteiger partial charge in [-0.15, -0.1) is 0 Å². The zero-order valence-electron chi connectivity index (χ0n) is 14.2. The van der Waals surface area contributed by atoms with E-state index in [0.29, 0.717) is 17.5 Å². The Hall–Kier alpha value is -1.81. The Kier molecular flexibility index (Phi) is 4.71. The molecule has 0 bridgehead atoms. The Morgan fingerprint density at radius 2 is 2.17 bits per heavy atom. The van der Waals surface area contributed by atoms with Gasteiger partial charge < -0.3 is 15.0 Å². The molecule has 0 radical (unpaired) electrons.